The Kier molecular flexibility index (Phi) is 7.42. The van der Waals surface area contributed by atoms with Crippen molar-refractivity contribution in [3.8, 4) is 0 Å². The number of esters is 1. The highest BCUT2D eigenvalue weighted by molar-refractivity contribution is 5.94. The summed E-state index contributed by atoms with van der Waals surface area (Å²) in [4.78, 5) is 36.2. The summed E-state index contributed by atoms with van der Waals surface area (Å²) in [5, 5.41) is 5.50. The Bertz CT molecular complexity index is 574. The Morgan fingerprint density at radius 1 is 1.21 bits per heavy atom. The summed E-state index contributed by atoms with van der Waals surface area (Å²) >= 11 is 0. The first-order valence-corrected chi connectivity index (χ1v) is 8.07. The second-order valence-electron chi connectivity index (χ2n) is 6.07. The minimum absolute atomic E-state index is 0.0782. The van der Waals surface area contributed by atoms with Gasteiger partial charge in [-0.15, -0.1) is 0 Å². The predicted molar refractivity (Wildman–Crippen MR) is 91.5 cm³/mol. The van der Waals surface area contributed by atoms with Gasteiger partial charge in [-0.3, -0.25) is 9.59 Å². The van der Waals surface area contributed by atoms with Gasteiger partial charge in [-0.05, 0) is 32.4 Å². The molecule has 1 aromatic carbocycles. The highest BCUT2D eigenvalue weighted by Gasteiger charge is 2.35. The molecule has 0 heterocycles. The van der Waals surface area contributed by atoms with Gasteiger partial charge in [0.15, 0.2) is 0 Å². The van der Waals surface area contributed by atoms with Crippen LogP contribution in [0.2, 0.25) is 0 Å². The van der Waals surface area contributed by atoms with E-state index in [4.69, 9.17) is 4.74 Å². The average Bonchev–Trinajstić information content (AvgIpc) is 2.54. The fraction of sp³-hybridized carbons (Fsp3) is 0.500. The second kappa shape index (κ2) is 9.05. The lowest BCUT2D eigenvalue weighted by atomic mass is 9.95. The van der Waals surface area contributed by atoms with E-state index in [1.165, 1.54) is 7.11 Å². The molecule has 6 nitrogen and oxygen atoms in total. The SMILES string of the molecule is CCC[C@](C)(NC(=O)C[C@@H](C)NC(=O)c1ccccc1)C(=O)OC. The van der Waals surface area contributed by atoms with E-state index in [9.17, 15) is 14.4 Å². The zero-order valence-electron chi connectivity index (χ0n) is 14.7. The van der Waals surface area contributed by atoms with Crippen molar-refractivity contribution in [3.63, 3.8) is 0 Å². The van der Waals surface area contributed by atoms with E-state index < -0.39 is 11.5 Å². The molecule has 0 spiro atoms. The molecular weight excluding hydrogens is 308 g/mol. The van der Waals surface area contributed by atoms with Crippen LogP contribution in [-0.2, 0) is 14.3 Å². The third-order valence-corrected chi connectivity index (χ3v) is 3.71. The molecule has 132 valence electrons. The Morgan fingerprint density at radius 3 is 2.38 bits per heavy atom. The van der Waals surface area contributed by atoms with E-state index in [2.05, 4.69) is 10.6 Å². The molecule has 0 bridgehead atoms. The van der Waals surface area contributed by atoms with E-state index in [0.29, 0.717) is 12.0 Å². The Hall–Kier alpha value is -2.37. The van der Waals surface area contributed by atoms with Crippen LogP contribution in [0.1, 0.15) is 50.4 Å². The molecular formula is C18H26N2O4. The van der Waals surface area contributed by atoms with Gasteiger partial charge in [0.2, 0.25) is 5.91 Å². The Labute approximate surface area is 143 Å². The first-order chi connectivity index (χ1) is 11.3. The third kappa shape index (κ3) is 5.68. The molecule has 0 aliphatic heterocycles. The van der Waals surface area contributed by atoms with Crippen LogP contribution in [0.15, 0.2) is 30.3 Å². The van der Waals surface area contributed by atoms with Crippen LogP contribution in [-0.4, -0.2) is 36.5 Å². The number of hydrogen-bond acceptors (Lipinski definition) is 4. The molecule has 0 saturated heterocycles. The number of hydrogen-bond donors (Lipinski definition) is 2. The van der Waals surface area contributed by atoms with Crippen molar-refractivity contribution in [2.45, 2.75) is 51.6 Å². The largest absolute Gasteiger partial charge is 0.467 e. The summed E-state index contributed by atoms with van der Waals surface area (Å²) in [5.74, 6) is -1.02. The number of nitrogens with one attached hydrogen (secondary N) is 2. The third-order valence-electron chi connectivity index (χ3n) is 3.71. The van der Waals surface area contributed by atoms with E-state index >= 15 is 0 Å². The molecule has 1 aromatic rings. The number of methoxy groups -OCH3 is 1. The smallest absolute Gasteiger partial charge is 0.331 e. The molecule has 0 aromatic heterocycles. The first-order valence-electron chi connectivity index (χ1n) is 8.07. The quantitative estimate of drug-likeness (QED) is 0.713. The van der Waals surface area contributed by atoms with E-state index in [-0.39, 0.29) is 24.3 Å². The number of carbonyl (C=O) groups excluding carboxylic acids is 3. The summed E-state index contributed by atoms with van der Waals surface area (Å²) in [6.45, 7) is 5.32. The van der Waals surface area contributed by atoms with Gasteiger partial charge < -0.3 is 15.4 Å². The van der Waals surface area contributed by atoms with Gasteiger partial charge in [0, 0.05) is 18.0 Å². The topological polar surface area (TPSA) is 84.5 Å². The van der Waals surface area contributed by atoms with Crippen LogP contribution in [0, 0.1) is 0 Å². The van der Waals surface area contributed by atoms with Crippen LogP contribution in [0.4, 0.5) is 0 Å². The predicted octanol–water partition coefficient (Wildman–Crippen LogP) is 2.04. The van der Waals surface area contributed by atoms with Crippen molar-refractivity contribution in [1.29, 1.82) is 0 Å². The normalized spacial score (nSPS) is 14.2. The van der Waals surface area contributed by atoms with Crippen molar-refractivity contribution in [2.24, 2.45) is 0 Å². The van der Waals surface area contributed by atoms with Crippen molar-refractivity contribution in [3.05, 3.63) is 35.9 Å². The van der Waals surface area contributed by atoms with Gasteiger partial charge in [-0.2, -0.15) is 0 Å². The van der Waals surface area contributed by atoms with Crippen molar-refractivity contribution in [2.75, 3.05) is 7.11 Å². The molecule has 0 fully saturated rings. The standard InChI is InChI=1S/C18H26N2O4/c1-5-11-18(3,17(23)24-4)20-15(21)12-13(2)19-16(22)14-9-7-6-8-10-14/h6-10,13H,5,11-12H2,1-4H3,(H,19,22)(H,20,21)/t13-,18+/m1/s1. The van der Waals surface area contributed by atoms with Crippen LogP contribution in [0.5, 0.6) is 0 Å². The van der Waals surface area contributed by atoms with Gasteiger partial charge >= 0.3 is 5.97 Å². The summed E-state index contributed by atoms with van der Waals surface area (Å²) in [7, 11) is 1.30. The molecule has 0 saturated carbocycles. The molecule has 6 heteroatoms. The number of benzene rings is 1. The van der Waals surface area contributed by atoms with E-state index in [1.807, 2.05) is 13.0 Å². The molecule has 2 amide bonds. The molecule has 1 rings (SSSR count). The minimum Gasteiger partial charge on any atom is -0.467 e. The Morgan fingerprint density at radius 2 is 1.83 bits per heavy atom. The summed E-state index contributed by atoms with van der Waals surface area (Å²) in [6.07, 6.45) is 1.29. The van der Waals surface area contributed by atoms with Gasteiger partial charge in [0.1, 0.15) is 5.54 Å². The van der Waals surface area contributed by atoms with E-state index in [0.717, 1.165) is 6.42 Å². The lowest BCUT2D eigenvalue weighted by Gasteiger charge is -2.28. The van der Waals surface area contributed by atoms with Gasteiger partial charge in [-0.1, -0.05) is 31.5 Å². The monoisotopic (exact) mass is 334 g/mol. The van der Waals surface area contributed by atoms with Crippen molar-refractivity contribution in [1.82, 2.24) is 10.6 Å². The second-order valence-corrected chi connectivity index (χ2v) is 6.07. The van der Waals surface area contributed by atoms with Crippen molar-refractivity contribution >= 4 is 17.8 Å². The molecule has 2 N–H and O–H groups in total. The zero-order chi connectivity index (χ0) is 18.2. The van der Waals surface area contributed by atoms with Gasteiger partial charge in [0.25, 0.3) is 5.91 Å². The number of ether oxygens (including phenoxy) is 1. The fourth-order valence-electron chi connectivity index (χ4n) is 2.53. The molecule has 0 unspecified atom stereocenters. The number of amides is 2. The van der Waals surface area contributed by atoms with Crippen LogP contribution < -0.4 is 10.6 Å². The number of carbonyl (C=O) groups is 3. The van der Waals surface area contributed by atoms with E-state index in [1.54, 1.807) is 38.1 Å². The lowest BCUT2D eigenvalue weighted by molar-refractivity contribution is -0.150. The molecule has 2 atom stereocenters. The maximum Gasteiger partial charge on any atom is 0.331 e. The Balaban J connectivity index is 2.59. The summed E-state index contributed by atoms with van der Waals surface area (Å²) < 4.78 is 4.77. The van der Waals surface area contributed by atoms with Gasteiger partial charge in [0.05, 0.1) is 7.11 Å². The highest BCUT2D eigenvalue weighted by Crippen LogP contribution is 2.15. The maximum absolute atomic E-state index is 12.2. The summed E-state index contributed by atoms with van der Waals surface area (Å²) in [5.41, 5.74) is -0.515. The van der Waals surface area contributed by atoms with Crippen LogP contribution in [0.3, 0.4) is 0 Å². The molecule has 24 heavy (non-hydrogen) atoms. The van der Waals surface area contributed by atoms with Crippen molar-refractivity contribution < 1.29 is 19.1 Å². The molecule has 0 aliphatic rings. The minimum atomic E-state index is -1.05. The average molecular weight is 334 g/mol. The highest BCUT2D eigenvalue weighted by atomic mass is 16.5. The first kappa shape index (κ1) is 19.7. The molecule has 0 radical (unpaired) electrons. The van der Waals surface area contributed by atoms with Crippen LogP contribution in [0.25, 0.3) is 0 Å². The van der Waals surface area contributed by atoms with Crippen LogP contribution >= 0.6 is 0 Å². The summed E-state index contributed by atoms with van der Waals surface area (Å²) in [6, 6.07) is 8.43. The fourth-order valence-corrected chi connectivity index (χ4v) is 2.53. The van der Waals surface area contributed by atoms with Gasteiger partial charge in [-0.25, -0.2) is 4.79 Å². The zero-order valence-corrected chi connectivity index (χ0v) is 14.7. The lowest BCUT2D eigenvalue weighted by Crippen LogP contribution is -2.53. The molecule has 0 aliphatic carbocycles. The maximum atomic E-state index is 12.2. The number of rotatable bonds is 8.